The SMILES string of the molecule is CC[C@@H](Oc1ccc(N(C)S(C)(=O)=O)cc1)C(=O)N(Cc1ccccc1)Cc1ccccc1. The van der Waals surface area contributed by atoms with E-state index in [1.54, 1.807) is 24.3 Å². The molecule has 33 heavy (non-hydrogen) atoms. The number of rotatable bonds is 10. The third-order valence-corrected chi connectivity index (χ3v) is 6.57. The summed E-state index contributed by atoms with van der Waals surface area (Å²) in [4.78, 5) is 15.3. The minimum atomic E-state index is -3.35. The van der Waals surface area contributed by atoms with Gasteiger partial charge in [-0.15, -0.1) is 0 Å². The van der Waals surface area contributed by atoms with Crippen molar-refractivity contribution in [2.75, 3.05) is 17.6 Å². The Balaban J connectivity index is 1.78. The molecule has 0 spiro atoms. The van der Waals surface area contributed by atoms with Crippen molar-refractivity contribution >= 4 is 21.6 Å². The van der Waals surface area contributed by atoms with E-state index in [4.69, 9.17) is 4.74 Å². The topological polar surface area (TPSA) is 66.9 Å². The summed E-state index contributed by atoms with van der Waals surface area (Å²) in [5.74, 6) is 0.419. The molecule has 0 aliphatic carbocycles. The first-order valence-electron chi connectivity index (χ1n) is 10.8. The summed E-state index contributed by atoms with van der Waals surface area (Å²) < 4.78 is 30.7. The number of sulfonamides is 1. The van der Waals surface area contributed by atoms with Gasteiger partial charge in [0, 0.05) is 20.1 Å². The van der Waals surface area contributed by atoms with Crippen LogP contribution in [0.2, 0.25) is 0 Å². The average Bonchev–Trinajstić information content (AvgIpc) is 2.82. The summed E-state index contributed by atoms with van der Waals surface area (Å²) in [7, 11) is -1.85. The second-order valence-corrected chi connectivity index (χ2v) is 9.92. The van der Waals surface area contributed by atoms with Gasteiger partial charge in [0.05, 0.1) is 11.9 Å². The normalized spacial score (nSPS) is 12.1. The second kappa shape index (κ2) is 11.0. The number of hydrogen-bond acceptors (Lipinski definition) is 4. The van der Waals surface area contributed by atoms with Gasteiger partial charge in [0.2, 0.25) is 10.0 Å². The molecule has 0 N–H and O–H groups in total. The van der Waals surface area contributed by atoms with E-state index in [0.717, 1.165) is 17.4 Å². The molecule has 0 radical (unpaired) electrons. The first kappa shape index (κ1) is 24.3. The molecule has 0 saturated carbocycles. The highest BCUT2D eigenvalue weighted by Gasteiger charge is 2.25. The maximum Gasteiger partial charge on any atom is 0.264 e. The number of hydrogen-bond donors (Lipinski definition) is 0. The minimum Gasteiger partial charge on any atom is -0.481 e. The van der Waals surface area contributed by atoms with E-state index < -0.39 is 16.1 Å². The van der Waals surface area contributed by atoms with E-state index in [-0.39, 0.29) is 5.91 Å². The van der Waals surface area contributed by atoms with E-state index in [2.05, 4.69) is 0 Å². The number of nitrogens with zero attached hydrogens (tertiary/aromatic N) is 2. The molecule has 174 valence electrons. The fourth-order valence-corrected chi connectivity index (χ4v) is 3.93. The van der Waals surface area contributed by atoms with E-state index in [0.29, 0.717) is 30.9 Å². The third-order valence-electron chi connectivity index (χ3n) is 5.37. The molecule has 0 unspecified atom stereocenters. The zero-order chi connectivity index (χ0) is 23.8. The van der Waals surface area contributed by atoms with Crippen LogP contribution in [0, 0.1) is 0 Å². The molecular formula is C26H30N2O4S. The van der Waals surface area contributed by atoms with Crippen molar-refractivity contribution in [2.45, 2.75) is 32.5 Å². The Labute approximate surface area is 196 Å². The monoisotopic (exact) mass is 466 g/mol. The maximum absolute atomic E-state index is 13.5. The lowest BCUT2D eigenvalue weighted by molar-refractivity contribution is -0.140. The van der Waals surface area contributed by atoms with E-state index in [1.807, 2.05) is 72.5 Å². The van der Waals surface area contributed by atoms with Crippen LogP contribution in [0.1, 0.15) is 24.5 Å². The predicted molar refractivity (Wildman–Crippen MR) is 132 cm³/mol. The molecule has 7 heteroatoms. The van der Waals surface area contributed by atoms with Crippen LogP contribution in [-0.4, -0.2) is 38.6 Å². The zero-order valence-corrected chi connectivity index (χ0v) is 20.0. The molecule has 0 aromatic heterocycles. The van der Waals surface area contributed by atoms with Crippen LogP contribution in [0.15, 0.2) is 84.9 Å². The largest absolute Gasteiger partial charge is 0.481 e. The standard InChI is InChI=1S/C26H30N2O4S/c1-4-25(32-24-17-15-23(16-18-24)27(2)33(3,30)31)26(29)28(19-21-11-7-5-8-12-21)20-22-13-9-6-10-14-22/h5-18,25H,4,19-20H2,1-3H3/t25-/m1/s1. The molecule has 3 rings (SSSR count). The van der Waals surface area contributed by atoms with Crippen molar-refractivity contribution in [3.8, 4) is 5.75 Å². The van der Waals surface area contributed by atoms with Crippen LogP contribution < -0.4 is 9.04 Å². The number of anilines is 1. The molecule has 0 saturated heterocycles. The van der Waals surface area contributed by atoms with Crippen LogP contribution in [0.25, 0.3) is 0 Å². The Bertz CT molecular complexity index is 1090. The van der Waals surface area contributed by atoms with Gasteiger partial charge in [-0.1, -0.05) is 67.6 Å². The van der Waals surface area contributed by atoms with E-state index in [1.165, 1.54) is 11.4 Å². The highest BCUT2D eigenvalue weighted by Crippen LogP contribution is 2.23. The molecule has 1 amide bonds. The quantitative estimate of drug-likeness (QED) is 0.442. The molecule has 3 aromatic carbocycles. The Morgan fingerprint density at radius 1 is 0.848 bits per heavy atom. The second-order valence-electron chi connectivity index (χ2n) is 7.90. The van der Waals surface area contributed by atoms with Gasteiger partial charge >= 0.3 is 0 Å². The summed E-state index contributed by atoms with van der Waals surface area (Å²) in [5, 5.41) is 0. The molecule has 1 atom stereocenters. The molecule has 0 heterocycles. The third kappa shape index (κ3) is 6.83. The molecule has 3 aromatic rings. The summed E-state index contributed by atoms with van der Waals surface area (Å²) in [6.07, 6.45) is 0.997. The van der Waals surface area contributed by atoms with Crippen LogP contribution in [0.5, 0.6) is 5.75 Å². The summed E-state index contributed by atoms with van der Waals surface area (Å²) >= 11 is 0. The number of benzene rings is 3. The van der Waals surface area contributed by atoms with Gasteiger partial charge in [-0.05, 0) is 41.8 Å². The van der Waals surface area contributed by atoms with Crippen LogP contribution in [-0.2, 0) is 27.9 Å². The molecule has 0 fully saturated rings. The lowest BCUT2D eigenvalue weighted by atomic mass is 10.1. The van der Waals surface area contributed by atoms with Crippen molar-refractivity contribution in [1.29, 1.82) is 0 Å². The predicted octanol–water partition coefficient (Wildman–Crippen LogP) is 4.47. The van der Waals surface area contributed by atoms with Crippen molar-refractivity contribution in [1.82, 2.24) is 4.90 Å². The average molecular weight is 467 g/mol. The molecule has 0 aliphatic heterocycles. The first-order valence-corrected chi connectivity index (χ1v) is 12.7. The van der Waals surface area contributed by atoms with Gasteiger partial charge in [0.15, 0.2) is 6.10 Å². The summed E-state index contributed by atoms with van der Waals surface area (Å²) in [5.41, 5.74) is 2.62. The Kier molecular flexibility index (Phi) is 8.11. The highest BCUT2D eigenvalue weighted by atomic mass is 32.2. The van der Waals surface area contributed by atoms with Gasteiger partial charge in [-0.25, -0.2) is 8.42 Å². The molecule has 6 nitrogen and oxygen atoms in total. The van der Waals surface area contributed by atoms with E-state index >= 15 is 0 Å². The smallest absolute Gasteiger partial charge is 0.264 e. The summed E-state index contributed by atoms with van der Waals surface area (Å²) in [6.45, 7) is 2.87. The fourth-order valence-electron chi connectivity index (χ4n) is 3.42. The lowest BCUT2D eigenvalue weighted by Gasteiger charge is -2.28. The van der Waals surface area contributed by atoms with Crippen LogP contribution in [0.3, 0.4) is 0 Å². The number of carbonyl (C=O) groups is 1. The van der Waals surface area contributed by atoms with Crippen LogP contribution in [0.4, 0.5) is 5.69 Å². The zero-order valence-electron chi connectivity index (χ0n) is 19.2. The van der Waals surface area contributed by atoms with Gasteiger partial charge in [0.1, 0.15) is 5.75 Å². The van der Waals surface area contributed by atoms with Gasteiger partial charge in [-0.3, -0.25) is 9.10 Å². The first-order chi connectivity index (χ1) is 15.8. The van der Waals surface area contributed by atoms with E-state index in [9.17, 15) is 13.2 Å². The van der Waals surface area contributed by atoms with Gasteiger partial charge in [-0.2, -0.15) is 0 Å². The molecule has 0 bridgehead atoms. The molecular weight excluding hydrogens is 436 g/mol. The van der Waals surface area contributed by atoms with Crippen molar-refractivity contribution < 1.29 is 17.9 Å². The molecule has 0 aliphatic rings. The van der Waals surface area contributed by atoms with Gasteiger partial charge in [0.25, 0.3) is 5.91 Å². The minimum absolute atomic E-state index is 0.0949. The summed E-state index contributed by atoms with van der Waals surface area (Å²) in [6, 6.07) is 26.5. The Morgan fingerprint density at radius 2 is 1.33 bits per heavy atom. The van der Waals surface area contributed by atoms with Crippen molar-refractivity contribution in [3.63, 3.8) is 0 Å². The Morgan fingerprint density at radius 3 is 1.76 bits per heavy atom. The van der Waals surface area contributed by atoms with Crippen molar-refractivity contribution in [2.24, 2.45) is 0 Å². The van der Waals surface area contributed by atoms with Crippen molar-refractivity contribution in [3.05, 3.63) is 96.1 Å². The lowest BCUT2D eigenvalue weighted by Crippen LogP contribution is -2.41. The maximum atomic E-state index is 13.5. The van der Waals surface area contributed by atoms with Crippen LogP contribution >= 0.6 is 0 Å². The van der Waals surface area contributed by atoms with Gasteiger partial charge < -0.3 is 9.64 Å². The highest BCUT2D eigenvalue weighted by molar-refractivity contribution is 7.92. The number of ether oxygens (including phenoxy) is 1. The Hall–Kier alpha value is -3.32. The number of amides is 1. The fraction of sp³-hybridized carbons (Fsp3) is 0.269. The number of carbonyl (C=O) groups excluding carboxylic acids is 1.